The number of nitrogens with one attached hydrogen (secondary N) is 1. The van der Waals surface area contributed by atoms with Crippen LogP contribution in [-0.4, -0.2) is 16.1 Å². The van der Waals surface area contributed by atoms with Crippen LogP contribution in [0.5, 0.6) is 0 Å². The minimum absolute atomic E-state index is 0.0102. The van der Waals surface area contributed by atoms with E-state index < -0.39 is 11.7 Å². The molecule has 6 heteroatoms. The minimum atomic E-state index is -0.564. The van der Waals surface area contributed by atoms with Gasteiger partial charge >= 0.3 is 0 Å². The van der Waals surface area contributed by atoms with E-state index in [2.05, 4.69) is 15.5 Å². The highest BCUT2D eigenvalue weighted by Crippen LogP contribution is 2.22. The van der Waals surface area contributed by atoms with Crippen LogP contribution in [0.4, 0.5) is 10.1 Å². The third-order valence-corrected chi connectivity index (χ3v) is 3.26. The number of hydrogen-bond donors (Lipinski definition) is 1. The zero-order valence-corrected chi connectivity index (χ0v) is 12.4. The molecule has 1 N–H and O–H groups in total. The molecule has 0 aliphatic carbocycles. The summed E-state index contributed by atoms with van der Waals surface area (Å²) < 4.78 is 19.1. The number of hydrogen-bond acceptors (Lipinski definition) is 4. The Morgan fingerprint density at radius 2 is 2.00 bits per heavy atom. The van der Waals surface area contributed by atoms with Crippen molar-refractivity contribution < 1.29 is 13.6 Å². The van der Waals surface area contributed by atoms with Crippen LogP contribution in [0.25, 0.3) is 11.5 Å². The van der Waals surface area contributed by atoms with Gasteiger partial charge in [0, 0.05) is 17.7 Å². The van der Waals surface area contributed by atoms with Gasteiger partial charge in [0.1, 0.15) is 5.82 Å². The highest BCUT2D eigenvalue weighted by atomic mass is 19.1. The molecule has 0 unspecified atom stereocenters. The van der Waals surface area contributed by atoms with Crippen LogP contribution in [0.1, 0.15) is 23.2 Å². The van der Waals surface area contributed by atoms with E-state index in [1.165, 1.54) is 18.2 Å². The Hall–Kier alpha value is -3.02. The molecule has 23 heavy (non-hydrogen) atoms. The van der Waals surface area contributed by atoms with Gasteiger partial charge in [-0.2, -0.15) is 0 Å². The van der Waals surface area contributed by atoms with Gasteiger partial charge in [-0.1, -0.05) is 25.1 Å². The van der Waals surface area contributed by atoms with Crippen LogP contribution >= 0.6 is 0 Å². The Bertz CT molecular complexity index is 845. The SMILES string of the molecule is CCc1nnc(-c2cccc(NC(=O)c3ccccc3F)c2)o1. The van der Waals surface area contributed by atoms with Crippen molar-refractivity contribution in [3.8, 4) is 11.5 Å². The lowest BCUT2D eigenvalue weighted by molar-refractivity contribution is 0.102. The Morgan fingerprint density at radius 1 is 1.17 bits per heavy atom. The molecule has 0 radical (unpaired) electrons. The second-order valence-electron chi connectivity index (χ2n) is 4.87. The van der Waals surface area contributed by atoms with E-state index in [4.69, 9.17) is 4.42 Å². The van der Waals surface area contributed by atoms with Crippen LogP contribution in [0.2, 0.25) is 0 Å². The van der Waals surface area contributed by atoms with Gasteiger partial charge in [0.25, 0.3) is 5.91 Å². The molecule has 1 amide bonds. The summed E-state index contributed by atoms with van der Waals surface area (Å²) >= 11 is 0. The number of anilines is 1. The monoisotopic (exact) mass is 311 g/mol. The average molecular weight is 311 g/mol. The third-order valence-electron chi connectivity index (χ3n) is 3.26. The van der Waals surface area contributed by atoms with Gasteiger partial charge in [-0.05, 0) is 30.3 Å². The Morgan fingerprint density at radius 3 is 2.74 bits per heavy atom. The van der Waals surface area contributed by atoms with Crippen molar-refractivity contribution in [2.45, 2.75) is 13.3 Å². The molecule has 116 valence electrons. The maximum absolute atomic E-state index is 13.6. The molecule has 0 atom stereocenters. The summed E-state index contributed by atoms with van der Waals surface area (Å²) in [5, 5.41) is 10.5. The second-order valence-corrected chi connectivity index (χ2v) is 4.87. The summed E-state index contributed by atoms with van der Waals surface area (Å²) in [7, 11) is 0. The molecule has 1 heterocycles. The van der Waals surface area contributed by atoms with E-state index in [0.717, 1.165) is 0 Å². The molecule has 0 saturated carbocycles. The first-order chi connectivity index (χ1) is 11.2. The Balaban J connectivity index is 1.83. The quantitative estimate of drug-likeness (QED) is 0.798. The number of halogens is 1. The van der Waals surface area contributed by atoms with E-state index in [1.54, 1.807) is 30.3 Å². The summed E-state index contributed by atoms with van der Waals surface area (Å²) in [5.41, 5.74) is 1.19. The zero-order chi connectivity index (χ0) is 16.2. The van der Waals surface area contributed by atoms with Crippen molar-refractivity contribution in [2.24, 2.45) is 0 Å². The zero-order valence-electron chi connectivity index (χ0n) is 12.4. The predicted molar refractivity (Wildman–Crippen MR) is 83.5 cm³/mol. The number of carbonyl (C=O) groups is 1. The number of rotatable bonds is 4. The maximum atomic E-state index is 13.6. The fraction of sp³-hybridized carbons (Fsp3) is 0.118. The predicted octanol–water partition coefficient (Wildman–Crippen LogP) is 3.69. The fourth-order valence-corrected chi connectivity index (χ4v) is 2.09. The summed E-state index contributed by atoms with van der Waals surface area (Å²) in [4.78, 5) is 12.1. The smallest absolute Gasteiger partial charge is 0.258 e. The molecule has 5 nitrogen and oxygen atoms in total. The number of aromatic nitrogens is 2. The Labute approximate surface area is 132 Å². The highest BCUT2D eigenvalue weighted by molar-refractivity contribution is 6.04. The highest BCUT2D eigenvalue weighted by Gasteiger charge is 2.12. The second kappa shape index (κ2) is 6.39. The lowest BCUT2D eigenvalue weighted by Crippen LogP contribution is -2.13. The van der Waals surface area contributed by atoms with Crippen molar-refractivity contribution in [1.82, 2.24) is 10.2 Å². The van der Waals surface area contributed by atoms with E-state index in [0.29, 0.717) is 29.5 Å². The summed E-state index contributed by atoms with van der Waals surface area (Å²) in [6, 6.07) is 12.8. The van der Waals surface area contributed by atoms with E-state index in [-0.39, 0.29) is 5.56 Å². The van der Waals surface area contributed by atoms with Crippen molar-refractivity contribution in [2.75, 3.05) is 5.32 Å². The summed E-state index contributed by atoms with van der Waals surface area (Å²) in [6.07, 6.45) is 0.650. The lowest BCUT2D eigenvalue weighted by Gasteiger charge is -2.06. The first-order valence-electron chi connectivity index (χ1n) is 7.16. The van der Waals surface area contributed by atoms with Crippen molar-refractivity contribution in [3.05, 3.63) is 65.8 Å². The molecule has 3 rings (SSSR count). The maximum Gasteiger partial charge on any atom is 0.258 e. The molecule has 0 bridgehead atoms. The fourth-order valence-electron chi connectivity index (χ4n) is 2.09. The molecule has 0 spiro atoms. The number of benzene rings is 2. The molecule has 2 aromatic carbocycles. The molecule has 0 aliphatic heterocycles. The van der Waals surface area contributed by atoms with Crippen molar-refractivity contribution >= 4 is 11.6 Å². The van der Waals surface area contributed by atoms with Gasteiger partial charge in [0.2, 0.25) is 11.8 Å². The van der Waals surface area contributed by atoms with Gasteiger partial charge in [-0.3, -0.25) is 4.79 Å². The van der Waals surface area contributed by atoms with Crippen LogP contribution in [0.3, 0.4) is 0 Å². The molecule has 0 saturated heterocycles. The topological polar surface area (TPSA) is 68.0 Å². The van der Waals surface area contributed by atoms with E-state index in [9.17, 15) is 9.18 Å². The van der Waals surface area contributed by atoms with Crippen LogP contribution < -0.4 is 5.32 Å². The van der Waals surface area contributed by atoms with E-state index in [1.807, 2.05) is 6.92 Å². The minimum Gasteiger partial charge on any atom is -0.421 e. The molecular formula is C17H14FN3O2. The molecule has 0 aliphatic rings. The van der Waals surface area contributed by atoms with E-state index >= 15 is 0 Å². The molecular weight excluding hydrogens is 297 g/mol. The average Bonchev–Trinajstić information content (AvgIpc) is 3.04. The van der Waals surface area contributed by atoms with Crippen LogP contribution in [0, 0.1) is 5.82 Å². The van der Waals surface area contributed by atoms with Crippen molar-refractivity contribution in [1.29, 1.82) is 0 Å². The number of amides is 1. The summed E-state index contributed by atoms with van der Waals surface area (Å²) in [5.74, 6) is -0.157. The van der Waals surface area contributed by atoms with Gasteiger partial charge < -0.3 is 9.73 Å². The van der Waals surface area contributed by atoms with Crippen molar-refractivity contribution in [3.63, 3.8) is 0 Å². The largest absolute Gasteiger partial charge is 0.421 e. The standard InChI is InChI=1S/C17H14FN3O2/c1-2-15-20-21-17(23-15)11-6-5-7-12(10-11)19-16(22)13-8-3-4-9-14(13)18/h3-10H,2H2,1H3,(H,19,22). The molecule has 0 fully saturated rings. The normalized spacial score (nSPS) is 10.5. The Kier molecular flexibility index (Phi) is 4.14. The lowest BCUT2D eigenvalue weighted by atomic mass is 10.1. The summed E-state index contributed by atoms with van der Waals surface area (Å²) in [6.45, 7) is 1.92. The van der Waals surface area contributed by atoms with Crippen LogP contribution in [-0.2, 0) is 6.42 Å². The molecule has 1 aromatic heterocycles. The number of nitrogens with zero attached hydrogens (tertiary/aromatic N) is 2. The van der Waals surface area contributed by atoms with Gasteiger partial charge in [-0.15, -0.1) is 10.2 Å². The van der Waals surface area contributed by atoms with Gasteiger partial charge in [0.15, 0.2) is 0 Å². The first-order valence-corrected chi connectivity index (χ1v) is 7.16. The van der Waals surface area contributed by atoms with Crippen LogP contribution in [0.15, 0.2) is 52.9 Å². The van der Waals surface area contributed by atoms with Gasteiger partial charge in [-0.25, -0.2) is 4.39 Å². The molecule has 3 aromatic rings. The number of aryl methyl sites for hydroxylation is 1. The first kappa shape index (κ1) is 14.9. The number of carbonyl (C=O) groups excluding carboxylic acids is 1. The third kappa shape index (κ3) is 3.26. The van der Waals surface area contributed by atoms with Gasteiger partial charge in [0.05, 0.1) is 5.56 Å².